The first kappa shape index (κ1) is 24.8. The molecule has 1 unspecified atom stereocenters. The zero-order valence-electron chi connectivity index (χ0n) is 19.8. The van der Waals surface area contributed by atoms with Crippen molar-refractivity contribution in [2.45, 2.75) is 24.4 Å². The van der Waals surface area contributed by atoms with Crippen molar-refractivity contribution >= 4 is 17.5 Å². The average Bonchev–Trinajstić information content (AvgIpc) is 3.56. The summed E-state index contributed by atoms with van der Waals surface area (Å²) in [7, 11) is 1.32. The minimum atomic E-state index is -0.743. The largest absolute Gasteiger partial charge is 0.494 e. The van der Waals surface area contributed by atoms with Crippen LogP contribution in [0.25, 0.3) is 11.1 Å². The Morgan fingerprint density at radius 3 is 2.54 bits per heavy atom. The van der Waals surface area contributed by atoms with Gasteiger partial charge in [-0.25, -0.2) is 13.2 Å². The molecule has 1 atom stereocenters. The van der Waals surface area contributed by atoms with E-state index >= 15 is 4.39 Å². The highest BCUT2D eigenvalue weighted by Crippen LogP contribution is 2.42. The highest BCUT2D eigenvalue weighted by molar-refractivity contribution is 7.99. The fourth-order valence-electron chi connectivity index (χ4n) is 4.70. The molecule has 2 aromatic heterocycles. The molecule has 2 aromatic carbocycles. The Hall–Kier alpha value is -3.92. The Labute approximate surface area is 214 Å². The third kappa shape index (κ3) is 4.11. The molecular weight excluding hydrogens is 505 g/mol. The van der Waals surface area contributed by atoms with Crippen molar-refractivity contribution in [3.63, 3.8) is 0 Å². The van der Waals surface area contributed by atoms with E-state index < -0.39 is 29.1 Å². The van der Waals surface area contributed by atoms with Gasteiger partial charge in [-0.2, -0.15) is 0 Å². The number of hydrogen-bond acceptors (Lipinski definition) is 6. The van der Waals surface area contributed by atoms with E-state index in [0.29, 0.717) is 27.5 Å². The van der Waals surface area contributed by atoms with Gasteiger partial charge in [-0.1, -0.05) is 23.4 Å². The van der Waals surface area contributed by atoms with E-state index in [1.807, 2.05) is 0 Å². The molecule has 0 radical (unpaired) electrons. The second kappa shape index (κ2) is 9.85. The van der Waals surface area contributed by atoms with Gasteiger partial charge in [0, 0.05) is 28.9 Å². The fourth-order valence-corrected chi connectivity index (χ4v) is 6.07. The SMILES string of the molecule is COc1cccc(-c2c(C)c(Cc3c(F)cccc3F)c3n(c2=O)C(C(=NO)c2ccoc2)CS3)c1F. The van der Waals surface area contributed by atoms with E-state index in [0.717, 1.165) is 12.1 Å². The van der Waals surface area contributed by atoms with Crippen LogP contribution in [0, 0.1) is 24.4 Å². The number of thioether (sulfide) groups is 1. The van der Waals surface area contributed by atoms with Crippen molar-refractivity contribution in [1.82, 2.24) is 4.57 Å². The van der Waals surface area contributed by atoms with Gasteiger partial charge in [-0.3, -0.25) is 9.36 Å². The van der Waals surface area contributed by atoms with E-state index in [-0.39, 0.29) is 34.6 Å². The third-order valence-corrected chi connectivity index (χ3v) is 7.73. The van der Waals surface area contributed by atoms with E-state index in [1.165, 1.54) is 54.2 Å². The van der Waals surface area contributed by atoms with Crippen LogP contribution in [0.3, 0.4) is 0 Å². The number of halogens is 3. The van der Waals surface area contributed by atoms with Crippen LogP contribution in [0.15, 0.2) is 74.4 Å². The standard InChI is InChI=1S/C27H21F3N2O4S/c1-14-17(11-18-19(28)6-4-7-20(18)29)27-32(21(13-37-27)25(31-34)15-9-10-36-12-15)26(33)23(14)16-5-3-8-22(35-2)24(16)30/h3-10,12,21,34H,11,13H2,1-2H3. The second-order valence-corrected chi connectivity index (χ2v) is 9.49. The molecule has 0 amide bonds. The predicted octanol–water partition coefficient (Wildman–Crippen LogP) is 5.96. The Morgan fingerprint density at radius 1 is 1.16 bits per heavy atom. The molecule has 0 aliphatic carbocycles. The fraction of sp³-hybridized carbons (Fsp3) is 0.185. The lowest BCUT2D eigenvalue weighted by atomic mass is 9.93. The monoisotopic (exact) mass is 526 g/mol. The first-order valence-electron chi connectivity index (χ1n) is 11.3. The van der Waals surface area contributed by atoms with Crippen LogP contribution in [-0.2, 0) is 6.42 Å². The maximum atomic E-state index is 15.4. The number of rotatable bonds is 6. The molecule has 5 rings (SSSR count). The van der Waals surface area contributed by atoms with Crippen molar-refractivity contribution in [3.8, 4) is 16.9 Å². The molecule has 4 aromatic rings. The van der Waals surface area contributed by atoms with Crippen molar-refractivity contribution < 1.29 is 27.5 Å². The highest BCUT2D eigenvalue weighted by Gasteiger charge is 2.35. The van der Waals surface area contributed by atoms with Crippen molar-refractivity contribution in [2.24, 2.45) is 5.16 Å². The van der Waals surface area contributed by atoms with Gasteiger partial charge < -0.3 is 14.4 Å². The molecule has 37 heavy (non-hydrogen) atoms. The molecule has 190 valence electrons. The van der Waals surface area contributed by atoms with E-state index in [2.05, 4.69) is 5.16 Å². The Balaban J connectivity index is 1.80. The summed E-state index contributed by atoms with van der Waals surface area (Å²) in [5, 5.41) is 13.7. The maximum absolute atomic E-state index is 15.4. The molecule has 3 heterocycles. The van der Waals surface area contributed by atoms with Crippen LogP contribution in [-0.4, -0.2) is 28.3 Å². The molecule has 1 N–H and O–H groups in total. The number of fused-ring (bicyclic) bond motifs is 1. The van der Waals surface area contributed by atoms with E-state index in [4.69, 9.17) is 9.15 Å². The van der Waals surface area contributed by atoms with Crippen LogP contribution in [0.1, 0.15) is 28.3 Å². The number of nitrogens with zero attached hydrogens (tertiary/aromatic N) is 2. The molecule has 1 aliphatic rings. The molecule has 0 spiro atoms. The predicted molar refractivity (Wildman–Crippen MR) is 133 cm³/mol. The minimum Gasteiger partial charge on any atom is -0.494 e. The topological polar surface area (TPSA) is 77.0 Å². The number of benzene rings is 2. The molecule has 0 fully saturated rings. The molecule has 10 heteroatoms. The number of hydrogen-bond donors (Lipinski definition) is 1. The lowest BCUT2D eigenvalue weighted by molar-refractivity contribution is 0.315. The minimum absolute atomic E-state index is 0.00569. The lowest BCUT2D eigenvalue weighted by Gasteiger charge is -2.21. The zero-order chi connectivity index (χ0) is 26.3. The number of aromatic nitrogens is 1. The van der Waals surface area contributed by atoms with Gasteiger partial charge in [-0.05, 0) is 42.3 Å². The normalized spacial score (nSPS) is 15.2. The molecule has 1 aliphatic heterocycles. The Bertz CT molecular complexity index is 1560. The Morgan fingerprint density at radius 2 is 1.89 bits per heavy atom. The van der Waals surface area contributed by atoms with Gasteiger partial charge in [0.15, 0.2) is 11.6 Å². The second-order valence-electron chi connectivity index (χ2n) is 8.48. The molecule has 0 saturated carbocycles. The van der Waals surface area contributed by atoms with Crippen molar-refractivity contribution in [3.05, 3.63) is 105 Å². The first-order valence-corrected chi connectivity index (χ1v) is 12.3. The van der Waals surface area contributed by atoms with E-state index in [9.17, 15) is 18.8 Å². The smallest absolute Gasteiger partial charge is 0.260 e. The molecular formula is C27H21F3N2O4S. The van der Waals surface area contributed by atoms with Gasteiger partial charge in [0.25, 0.3) is 5.56 Å². The zero-order valence-corrected chi connectivity index (χ0v) is 20.6. The summed E-state index contributed by atoms with van der Waals surface area (Å²) in [5.74, 6) is -1.94. The number of pyridine rings is 1. The van der Waals surface area contributed by atoms with Crippen LogP contribution >= 0.6 is 11.8 Å². The van der Waals surface area contributed by atoms with Crippen LogP contribution in [0.2, 0.25) is 0 Å². The van der Waals surface area contributed by atoms with E-state index in [1.54, 1.807) is 19.1 Å². The van der Waals surface area contributed by atoms with Gasteiger partial charge in [0.1, 0.15) is 17.3 Å². The summed E-state index contributed by atoms with van der Waals surface area (Å²) in [6.07, 6.45) is 2.62. The van der Waals surface area contributed by atoms with Gasteiger partial charge in [-0.15, -0.1) is 11.8 Å². The molecule has 6 nitrogen and oxygen atoms in total. The summed E-state index contributed by atoms with van der Waals surface area (Å²) in [6, 6.07) is 8.90. The Kier molecular flexibility index (Phi) is 6.59. The molecule has 0 bridgehead atoms. The average molecular weight is 527 g/mol. The molecule has 0 saturated heterocycles. The van der Waals surface area contributed by atoms with Crippen LogP contribution < -0.4 is 10.3 Å². The number of methoxy groups -OCH3 is 1. The lowest BCUT2D eigenvalue weighted by Crippen LogP contribution is -2.32. The summed E-state index contributed by atoms with van der Waals surface area (Å²) >= 11 is 1.30. The van der Waals surface area contributed by atoms with Gasteiger partial charge >= 0.3 is 0 Å². The highest BCUT2D eigenvalue weighted by atomic mass is 32.2. The van der Waals surface area contributed by atoms with Crippen LogP contribution in [0.4, 0.5) is 13.2 Å². The summed E-state index contributed by atoms with van der Waals surface area (Å²) in [6.45, 7) is 1.63. The quantitative estimate of drug-likeness (QED) is 0.191. The first-order chi connectivity index (χ1) is 17.9. The number of ether oxygens (including phenoxy) is 1. The van der Waals surface area contributed by atoms with Crippen molar-refractivity contribution in [1.29, 1.82) is 0 Å². The third-order valence-electron chi connectivity index (χ3n) is 6.53. The summed E-state index contributed by atoms with van der Waals surface area (Å²) < 4.78 is 56.4. The number of oxime groups is 1. The van der Waals surface area contributed by atoms with Crippen molar-refractivity contribution in [2.75, 3.05) is 12.9 Å². The maximum Gasteiger partial charge on any atom is 0.260 e. The van der Waals surface area contributed by atoms with Gasteiger partial charge in [0.2, 0.25) is 0 Å². The van der Waals surface area contributed by atoms with Gasteiger partial charge in [0.05, 0.1) is 36.3 Å². The summed E-state index contributed by atoms with van der Waals surface area (Å²) in [4.78, 5) is 14.0. The summed E-state index contributed by atoms with van der Waals surface area (Å²) in [5.41, 5.74) is 0.826. The number of furan rings is 1. The van der Waals surface area contributed by atoms with Crippen LogP contribution in [0.5, 0.6) is 5.75 Å².